The largest absolute Gasteiger partial charge is 0.444 e. The lowest BCUT2D eigenvalue weighted by Gasteiger charge is -2.45. The number of alkyl halides is 3. The van der Waals surface area contributed by atoms with Crippen LogP contribution in [0.5, 0.6) is 0 Å². The molecule has 1 aliphatic rings. The molecule has 1 amide bonds. The predicted octanol–water partition coefficient (Wildman–Crippen LogP) is 4.24. The Kier molecular flexibility index (Phi) is 5.90. The second kappa shape index (κ2) is 7.47. The van der Waals surface area contributed by atoms with Crippen molar-refractivity contribution < 1.29 is 22.7 Å². The molecule has 1 heterocycles. The number of carbonyl (C=O) groups excluding carboxylic acids is 1. The summed E-state index contributed by atoms with van der Waals surface area (Å²) in [6, 6.07) is 5.34. The fourth-order valence-corrected chi connectivity index (χ4v) is 3.28. The Morgan fingerprint density at radius 2 is 1.85 bits per heavy atom. The monoisotopic (exact) mass is 372 g/mol. The second-order valence-corrected chi connectivity index (χ2v) is 7.89. The first-order chi connectivity index (χ1) is 11.9. The van der Waals surface area contributed by atoms with Gasteiger partial charge in [-0.05, 0) is 64.8 Å². The SMILES string of the molecule is CN(C(=O)OC(C)(C)C)C1(Cc2cccc(C(F)(F)F)c2)CCNCC1. The number of ether oxygens (including phenoxy) is 1. The zero-order valence-electron chi connectivity index (χ0n) is 15.7. The number of hydrogen-bond acceptors (Lipinski definition) is 3. The smallest absolute Gasteiger partial charge is 0.416 e. The summed E-state index contributed by atoms with van der Waals surface area (Å²) in [4.78, 5) is 14.2. The fraction of sp³-hybridized carbons (Fsp3) is 0.632. The normalized spacial score (nSPS) is 17.7. The highest BCUT2D eigenvalue weighted by Gasteiger charge is 2.41. The van der Waals surface area contributed by atoms with Crippen molar-refractivity contribution in [2.45, 2.75) is 57.3 Å². The first-order valence-corrected chi connectivity index (χ1v) is 8.77. The number of hydrogen-bond donors (Lipinski definition) is 1. The number of halogens is 3. The zero-order chi connectivity index (χ0) is 19.6. The molecule has 1 aliphatic heterocycles. The molecule has 26 heavy (non-hydrogen) atoms. The summed E-state index contributed by atoms with van der Waals surface area (Å²) in [6.45, 7) is 6.78. The topological polar surface area (TPSA) is 41.6 Å². The van der Waals surface area contributed by atoms with Gasteiger partial charge in [0.1, 0.15) is 5.60 Å². The van der Waals surface area contributed by atoms with E-state index in [4.69, 9.17) is 4.74 Å². The van der Waals surface area contributed by atoms with Crippen LogP contribution in [0.1, 0.15) is 44.7 Å². The van der Waals surface area contributed by atoms with E-state index in [9.17, 15) is 18.0 Å². The molecule has 2 rings (SSSR count). The Balaban J connectivity index is 2.28. The standard InChI is InChI=1S/C19H27F3N2O2/c1-17(2,3)26-16(25)24(4)18(8-10-23-11-9-18)13-14-6-5-7-15(12-14)19(20,21)22/h5-7,12,23H,8-11,13H2,1-4H3. The molecule has 7 heteroatoms. The molecule has 1 aromatic carbocycles. The summed E-state index contributed by atoms with van der Waals surface area (Å²) in [6.07, 6.45) is -3.17. The van der Waals surface area contributed by atoms with Crippen LogP contribution in [0.15, 0.2) is 24.3 Å². The van der Waals surface area contributed by atoms with Crippen LogP contribution < -0.4 is 5.32 Å². The third-order valence-corrected chi connectivity index (χ3v) is 4.70. The number of rotatable bonds is 3. The van der Waals surface area contributed by atoms with E-state index < -0.39 is 29.0 Å². The highest BCUT2D eigenvalue weighted by Crippen LogP contribution is 2.34. The Bertz CT molecular complexity index is 632. The average Bonchev–Trinajstić information content (AvgIpc) is 2.53. The summed E-state index contributed by atoms with van der Waals surface area (Å²) in [7, 11) is 1.67. The minimum absolute atomic E-state index is 0.355. The number of nitrogens with zero attached hydrogens (tertiary/aromatic N) is 1. The molecule has 146 valence electrons. The third-order valence-electron chi connectivity index (χ3n) is 4.70. The lowest BCUT2D eigenvalue weighted by Crippen LogP contribution is -2.57. The highest BCUT2D eigenvalue weighted by atomic mass is 19.4. The lowest BCUT2D eigenvalue weighted by molar-refractivity contribution is -0.137. The van der Waals surface area contributed by atoms with Gasteiger partial charge in [-0.3, -0.25) is 0 Å². The molecule has 0 spiro atoms. The van der Waals surface area contributed by atoms with Gasteiger partial charge in [-0.1, -0.05) is 18.2 Å². The number of nitrogens with one attached hydrogen (secondary N) is 1. The van der Waals surface area contributed by atoms with Crippen LogP contribution in [0.3, 0.4) is 0 Å². The fourth-order valence-electron chi connectivity index (χ4n) is 3.28. The molecule has 0 bridgehead atoms. The van der Waals surface area contributed by atoms with Crippen LogP contribution in [0.25, 0.3) is 0 Å². The number of benzene rings is 1. The van der Waals surface area contributed by atoms with E-state index in [1.807, 2.05) is 0 Å². The minimum atomic E-state index is -4.38. The molecule has 0 aromatic heterocycles. The van der Waals surface area contributed by atoms with Crippen molar-refractivity contribution in [3.63, 3.8) is 0 Å². The van der Waals surface area contributed by atoms with Gasteiger partial charge in [0.25, 0.3) is 0 Å². The average molecular weight is 372 g/mol. The van der Waals surface area contributed by atoms with Gasteiger partial charge in [-0.15, -0.1) is 0 Å². The second-order valence-electron chi connectivity index (χ2n) is 7.89. The van der Waals surface area contributed by atoms with E-state index in [0.29, 0.717) is 37.9 Å². The highest BCUT2D eigenvalue weighted by molar-refractivity contribution is 5.69. The van der Waals surface area contributed by atoms with Crippen LogP contribution in [0, 0.1) is 0 Å². The number of piperidine rings is 1. The summed E-state index contributed by atoms with van der Waals surface area (Å²) >= 11 is 0. The molecular weight excluding hydrogens is 345 g/mol. The van der Waals surface area contributed by atoms with Crippen LogP contribution >= 0.6 is 0 Å². The lowest BCUT2D eigenvalue weighted by atomic mass is 9.81. The van der Waals surface area contributed by atoms with Crippen molar-refractivity contribution in [3.05, 3.63) is 35.4 Å². The maximum atomic E-state index is 13.0. The Hall–Kier alpha value is -1.76. The van der Waals surface area contributed by atoms with Gasteiger partial charge < -0.3 is 15.0 Å². The van der Waals surface area contributed by atoms with E-state index in [1.165, 1.54) is 12.1 Å². The zero-order valence-corrected chi connectivity index (χ0v) is 15.7. The number of likely N-dealkylation sites (N-methyl/N-ethyl adjacent to an activating group) is 1. The van der Waals surface area contributed by atoms with Gasteiger partial charge >= 0.3 is 12.3 Å². The molecule has 1 aromatic rings. The minimum Gasteiger partial charge on any atom is -0.444 e. The van der Waals surface area contributed by atoms with Gasteiger partial charge in [0, 0.05) is 7.05 Å². The molecule has 1 N–H and O–H groups in total. The Morgan fingerprint density at radius 1 is 1.23 bits per heavy atom. The van der Waals surface area contributed by atoms with Crippen molar-refractivity contribution >= 4 is 6.09 Å². The maximum Gasteiger partial charge on any atom is 0.416 e. The number of carbonyl (C=O) groups is 1. The maximum absolute atomic E-state index is 13.0. The molecule has 1 saturated heterocycles. The van der Waals surface area contributed by atoms with Gasteiger partial charge in [0.15, 0.2) is 0 Å². The van der Waals surface area contributed by atoms with Crippen LogP contribution in [-0.4, -0.2) is 42.3 Å². The van der Waals surface area contributed by atoms with Crippen molar-refractivity contribution in [2.75, 3.05) is 20.1 Å². The summed E-state index contributed by atoms with van der Waals surface area (Å²) < 4.78 is 44.5. The Morgan fingerprint density at radius 3 is 2.38 bits per heavy atom. The van der Waals surface area contributed by atoms with E-state index in [2.05, 4.69) is 5.32 Å². The molecule has 0 aliphatic carbocycles. The summed E-state index contributed by atoms with van der Waals surface area (Å²) in [5.74, 6) is 0. The third kappa shape index (κ3) is 5.13. The van der Waals surface area contributed by atoms with Crippen LogP contribution in [-0.2, 0) is 17.3 Å². The molecule has 0 radical (unpaired) electrons. The summed E-state index contributed by atoms with van der Waals surface area (Å²) in [5.41, 5.74) is -1.30. The molecular formula is C19H27F3N2O2. The molecule has 0 saturated carbocycles. The predicted molar refractivity (Wildman–Crippen MR) is 94.0 cm³/mol. The molecule has 1 fully saturated rings. The van der Waals surface area contributed by atoms with Gasteiger partial charge in [0.2, 0.25) is 0 Å². The van der Waals surface area contributed by atoms with Crippen molar-refractivity contribution in [3.8, 4) is 0 Å². The van der Waals surface area contributed by atoms with E-state index >= 15 is 0 Å². The van der Waals surface area contributed by atoms with E-state index in [0.717, 1.165) is 6.07 Å². The van der Waals surface area contributed by atoms with Crippen LogP contribution in [0.4, 0.5) is 18.0 Å². The van der Waals surface area contributed by atoms with Crippen LogP contribution in [0.2, 0.25) is 0 Å². The number of amides is 1. The molecule has 4 nitrogen and oxygen atoms in total. The molecule has 0 unspecified atom stereocenters. The van der Waals surface area contributed by atoms with Gasteiger partial charge in [-0.25, -0.2) is 4.79 Å². The molecule has 0 atom stereocenters. The first-order valence-electron chi connectivity index (χ1n) is 8.77. The van der Waals surface area contributed by atoms with Crippen molar-refractivity contribution in [2.24, 2.45) is 0 Å². The quantitative estimate of drug-likeness (QED) is 0.863. The van der Waals surface area contributed by atoms with Gasteiger partial charge in [-0.2, -0.15) is 13.2 Å². The van der Waals surface area contributed by atoms with Gasteiger partial charge in [0.05, 0.1) is 11.1 Å². The first kappa shape index (κ1) is 20.6. The van der Waals surface area contributed by atoms with E-state index in [1.54, 1.807) is 38.8 Å². The van der Waals surface area contributed by atoms with E-state index in [-0.39, 0.29) is 0 Å². The van der Waals surface area contributed by atoms with Crippen molar-refractivity contribution in [1.29, 1.82) is 0 Å². The van der Waals surface area contributed by atoms with Crippen molar-refractivity contribution in [1.82, 2.24) is 10.2 Å². The summed E-state index contributed by atoms with van der Waals surface area (Å²) in [5, 5.41) is 3.24. The Labute approximate surface area is 152 Å².